The van der Waals surface area contributed by atoms with Crippen molar-refractivity contribution in [1.29, 1.82) is 0 Å². The highest BCUT2D eigenvalue weighted by Gasteiger charge is 2.25. The molecule has 2 aromatic carbocycles. The van der Waals surface area contributed by atoms with Crippen LogP contribution < -0.4 is 15.0 Å². The van der Waals surface area contributed by atoms with E-state index < -0.39 is 0 Å². The highest BCUT2D eigenvalue weighted by Crippen LogP contribution is 2.34. The van der Waals surface area contributed by atoms with Gasteiger partial charge in [0.25, 0.3) is 11.8 Å². The Morgan fingerprint density at radius 1 is 1.33 bits per heavy atom. The number of nitrogens with one attached hydrogen (secondary N) is 1. The summed E-state index contributed by atoms with van der Waals surface area (Å²) in [6, 6.07) is 11.9. The van der Waals surface area contributed by atoms with E-state index in [0.717, 1.165) is 0 Å². The predicted molar refractivity (Wildman–Crippen MR) is 93.9 cm³/mol. The molecule has 6 heteroatoms. The molecule has 0 saturated heterocycles. The fraction of sp³-hybridized carbons (Fsp3) is 0.111. The third kappa shape index (κ3) is 3.12. The highest BCUT2D eigenvalue weighted by molar-refractivity contribution is 6.34. The van der Waals surface area contributed by atoms with E-state index in [0.29, 0.717) is 34.3 Å². The molecule has 5 nitrogen and oxygen atoms in total. The zero-order valence-electron chi connectivity index (χ0n) is 12.8. The molecule has 0 aliphatic carbocycles. The Kier molecular flexibility index (Phi) is 4.53. The number of nitrogens with zero attached hydrogens (tertiary/aromatic N) is 1. The zero-order chi connectivity index (χ0) is 17.1. The number of amides is 2. The van der Waals surface area contributed by atoms with E-state index in [-0.39, 0.29) is 18.4 Å². The maximum atomic E-state index is 12.3. The second-order valence-electron chi connectivity index (χ2n) is 5.20. The first kappa shape index (κ1) is 16.1. The first-order chi connectivity index (χ1) is 11.6. The fourth-order valence-electron chi connectivity index (χ4n) is 2.46. The number of anilines is 2. The van der Waals surface area contributed by atoms with E-state index in [1.165, 1.54) is 0 Å². The lowest BCUT2D eigenvalue weighted by molar-refractivity contribution is -0.121. The number of carbonyl (C=O) groups excluding carboxylic acids is 2. The van der Waals surface area contributed by atoms with Gasteiger partial charge in [-0.25, -0.2) is 0 Å². The first-order valence-corrected chi connectivity index (χ1v) is 7.72. The molecule has 0 fully saturated rings. The largest absolute Gasteiger partial charge is 0.481 e. The van der Waals surface area contributed by atoms with Crippen molar-refractivity contribution in [3.05, 3.63) is 65.7 Å². The van der Waals surface area contributed by atoms with E-state index in [1.54, 1.807) is 53.4 Å². The van der Waals surface area contributed by atoms with Crippen LogP contribution in [0, 0.1) is 0 Å². The molecule has 1 aliphatic heterocycles. The Bertz CT molecular complexity index is 820. The van der Waals surface area contributed by atoms with Gasteiger partial charge in [0, 0.05) is 18.3 Å². The summed E-state index contributed by atoms with van der Waals surface area (Å²) in [6.07, 6.45) is 1.65. The molecule has 0 saturated carbocycles. The minimum absolute atomic E-state index is 0.0389. The summed E-state index contributed by atoms with van der Waals surface area (Å²) in [5, 5.41) is 3.16. The number of fused-ring (bicyclic) bond motifs is 1. The lowest BCUT2D eigenvalue weighted by Gasteiger charge is -2.28. The monoisotopic (exact) mass is 342 g/mol. The molecular weight excluding hydrogens is 328 g/mol. The number of benzene rings is 2. The molecule has 1 N–H and O–H groups in total. The second-order valence-corrected chi connectivity index (χ2v) is 5.61. The summed E-state index contributed by atoms with van der Waals surface area (Å²) in [5.74, 6) is 0.0963. The van der Waals surface area contributed by atoms with Gasteiger partial charge in [-0.2, -0.15) is 0 Å². The second kappa shape index (κ2) is 6.76. The van der Waals surface area contributed by atoms with Crippen molar-refractivity contribution in [3.8, 4) is 5.75 Å². The van der Waals surface area contributed by atoms with Crippen LogP contribution in [0.2, 0.25) is 5.02 Å². The maximum Gasteiger partial charge on any atom is 0.265 e. The van der Waals surface area contributed by atoms with Gasteiger partial charge in [-0.1, -0.05) is 29.8 Å². The van der Waals surface area contributed by atoms with Gasteiger partial charge in [-0.05, 0) is 24.3 Å². The number of rotatable bonds is 4. The molecule has 1 aliphatic rings. The van der Waals surface area contributed by atoms with E-state index in [9.17, 15) is 9.59 Å². The number of halogens is 1. The molecule has 2 aromatic rings. The molecular formula is C18H15ClN2O3. The van der Waals surface area contributed by atoms with Crippen LogP contribution in [0.4, 0.5) is 11.4 Å². The minimum Gasteiger partial charge on any atom is -0.481 e. The van der Waals surface area contributed by atoms with Crippen LogP contribution in [0.1, 0.15) is 10.4 Å². The molecule has 0 bridgehead atoms. The maximum absolute atomic E-state index is 12.3. The molecule has 0 aromatic heterocycles. The Labute approximate surface area is 144 Å². The van der Waals surface area contributed by atoms with Crippen LogP contribution in [0.25, 0.3) is 0 Å². The number of hydrogen-bond acceptors (Lipinski definition) is 3. The highest BCUT2D eigenvalue weighted by atomic mass is 35.5. The SMILES string of the molecule is C=CCN1C(=O)COc2cc(NC(=O)c3ccccc3Cl)ccc21. The van der Waals surface area contributed by atoms with E-state index >= 15 is 0 Å². The van der Waals surface area contributed by atoms with Crippen molar-refractivity contribution in [1.82, 2.24) is 0 Å². The minimum atomic E-state index is -0.310. The molecule has 0 radical (unpaired) electrons. The van der Waals surface area contributed by atoms with Crippen molar-refractivity contribution >= 4 is 34.8 Å². The zero-order valence-corrected chi connectivity index (χ0v) is 13.5. The summed E-state index contributed by atoms with van der Waals surface area (Å²) >= 11 is 6.03. The Morgan fingerprint density at radius 3 is 2.88 bits per heavy atom. The quantitative estimate of drug-likeness (QED) is 0.865. The summed E-state index contributed by atoms with van der Waals surface area (Å²) in [7, 11) is 0. The van der Waals surface area contributed by atoms with Crippen LogP contribution in [-0.2, 0) is 4.79 Å². The van der Waals surface area contributed by atoms with E-state index in [4.69, 9.17) is 16.3 Å². The van der Waals surface area contributed by atoms with E-state index in [2.05, 4.69) is 11.9 Å². The van der Waals surface area contributed by atoms with Crippen molar-refractivity contribution in [3.63, 3.8) is 0 Å². The lowest BCUT2D eigenvalue weighted by Crippen LogP contribution is -2.38. The van der Waals surface area contributed by atoms with Gasteiger partial charge in [0.2, 0.25) is 0 Å². The molecule has 24 heavy (non-hydrogen) atoms. The Balaban J connectivity index is 1.84. The lowest BCUT2D eigenvalue weighted by atomic mass is 10.2. The average molecular weight is 343 g/mol. The molecule has 2 amide bonds. The van der Waals surface area contributed by atoms with Gasteiger partial charge in [0.15, 0.2) is 6.61 Å². The van der Waals surface area contributed by atoms with Crippen LogP contribution in [0.15, 0.2) is 55.1 Å². The van der Waals surface area contributed by atoms with Gasteiger partial charge < -0.3 is 15.0 Å². The summed E-state index contributed by atoms with van der Waals surface area (Å²) in [5.41, 5.74) is 1.61. The summed E-state index contributed by atoms with van der Waals surface area (Å²) in [6.45, 7) is 4.02. The van der Waals surface area contributed by atoms with Crippen molar-refractivity contribution in [2.45, 2.75) is 0 Å². The molecule has 0 atom stereocenters. The Hall–Kier alpha value is -2.79. The average Bonchev–Trinajstić information content (AvgIpc) is 2.58. The van der Waals surface area contributed by atoms with Crippen LogP contribution in [0.5, 0.6) is 5.75 Å². The normalized spacial score (nSPS) is 13.0. The third-order valence-corrected chi connectivity index (χ3v) is 3.92. The molecule has 122 valence electrons. The van der Waals surface area contributed by atoms with Crippen LogP contribution in [-0.4, -0.2) is 25.0 Å². The number of hydrogen-bond donors (Lipinski definition) is 1. The van der Waals surface area contributed by atoms with E-state index in [1.807, 2.05) is 0 Å². The molecule has 1 heterocycles. The smallest absolute Gasteiger partial charge is 0.265 e. The number of ether oxygens (including phenoxy) is 1. The van der Waals surface area contributed by atoms with Crippen LogP contribution in [0.3, 0.4) is 0 Å². The molecule has 0 spiro atoms. The topological polar surface area (TPSA) is 58.6 Å². The van der Waals surface area contributed by atoms with Gasteiger partial charge in [-0.15, -0.1) is 6.58 Å². The summed E-state index contributed by atoms with van der Waals surface area (Å²) in [4.78, 5) is 25.8. The van der Waals surface area contributed by atoms with Crippen molar-refractivity contribution < 1.29 is 14.3 Å². The fourth-order valence-corrected chi connectivity index (χ4v) is 2.68. The van der Waals surface area contributed by atoms with Crippen molar-refractivity contribution in [2.75, 3.05) is 23.4 Å². The standard InChI is InChI=1S/C18H15ClN2O3/c1-2-9-21-15-8-7-12(10-16(15)24-11-17(21)22)20-18(23)13-5-3-4-6-14(13)19/h2-8,10H,1,9,11H2,(H,20,23). The molecule has 0 unspecified atom stereocenters. The van der Waals surface area contributed by atoms with Gasteiger partial charge in [0.05, 0.1) is 16.3 Å². The van der Waals surface area contributed by atoms with Crippen LogP contribution >= 0.6 is 11.6 Å². The van der Waals surface area contributed by atoms with Gasteiger partial charge in [0.1, 0.15) is 5.75 Å². The predicted octanol–water partition coefficient (Wildman–Crippen LogP) is 3.50. The summed E-state index contributed by atoms with van der Waals surface area (Å²) < 4.78 is 5.46. The number of carbonyl (C=O) groups is 2. The van der Waals surface area contributed by atoms with Gasteiger partial charge >= 0.3 is 0 Å². The first-order valence-electron chi connectivity index (χ1n) is 7.34. The van der Waals surface area contributed by atoms with Crippen molar-refractivity contribution in [2.24, 2.45) is 0 Å². The molecule has 3 rings (SSSR count). The van der Waals surface area contributed by atoms with Gasteiger partial charge in [-0.3, -0.25) is 9.59 Å². The Morgan fingerprint density at radius 2 is 2.12 bits per heavy atom. The third-order valence-electron chi connectivity index (χ3n) is 3.59.